The van der Waals surface area contributed by atoms with E-state index < -0.39 is 17.7 Å². The molecule has 0 aromatic heterocycles. The summed E-state index contributed by atoms with van der Waals surface area (Å²) in [4.78, 5) is 0. The summed E-state index contributed by atoms with van der Waals surface area (Å²) in [5, 5.41) is 0. The molecule has 1 aromatic carbocycles. The molecular weight excluding hydrogens is 424 g/mol. The molecule has 1 aromatic rings. The van der Waals surface area contributed by atoms with Gasteiger partial charge in [0.15, 0.2) is 11.6 Å². The van der Waals surface area contributed by atoms with Gasteiger partial charge in [0, 0.05) is 0 Å². The van der Waals surface area contributed by atoms with Crippen molar-refractivity contribution in [1.29, 1.82) is 0 Å². The molecule has 0 amide bonds. The van der Waals surface area contributed by atoms with Gasteiger partial charge in [-0.05, 0) is 110 Å². The fraction of sp³-hybridized carbons (Fsp3) is 0.724. The lowest BCUT2D eigenvalue weighted by Gasteiger charge is -2.42. The predicted molar refractivity (Wildman–Crippen MR) is 126 cm³/mol. The molecule has 4 rings (SSSR count). The van der Waals surface area contributed by atoms with Gasteiger partial charge in [-0.3, -0.25) is 0 Å². The number of fused-ring (bicyclic) bond motifs is 2. The lowest BCUT2D eigenvalue weighted by Crippen LogP contribution is -2.30. The molecule has 0 heterocycles. The minimum atomic E-state index is -1.57. The number of aryl methyl sites for hydroxylation is 1. The zero-order chi connectivity index (χ0) is 23.4. The second kappa shape index (κ2) is 11.4. The molecule has 3 aliphatic carbocycles. The molecule has 5 unspecified atom stereocenters. The van der Waals surface area contributed by atoms with Gasteiger partial charge >= 0.3 is 0 Å². The van der Waals surface area contributed by atoms with Gasteiger partial charge in [-0.2, -0.15) is 8.78 Å². The smallest absolute Gasteiger partial charge is 0.203 e. The molecule has 0 radical (unpaired) electrons. The Hall–Kier alpha value is -1.32. The monoisotopic (exact) mass is 464 g/mol. The molecule has 33 heavy (non-hydrogen) atoms. The van der Waals surface area contributed by atoms with Crippen molar-refractivity contribution in [3.05, 3.63) is 46.5 Å². The average Bonchev–Trinajstić information content (AvgIpc) is 2.80. The summed E-state index contributed by atoms with van der Waals surface area (Å²) in [7, 11) is 0. The van der Waals surface area contributed by atoms with Gasteiger partial charge in [0.2, 0.25) is 0 Å². The summed E-state index contributed by atoms with van der Waals surface area (Å²) in [5.74, 6) is 0.209. The van der Waals surface area contributed by atoms with E-state index >= 15 is 8.78 Å². The van der Waals surface area contributed by atoms with Crippen molar-refractivity contribution in [2.24, 2.45) is 23.7 Å². The number of allylic oxidation sites excluding steroid dienone is 1. The van der Waals surface area contributed by atoms with E-state index in [1.165, 1.54) is 32.1 Å². The Morgan fingerprint density at radius 1 is 0.909 bits per heavy atom. The highest BCUT2D eigenvalue weighted by molar-refractivity contribution is 5.38. The largest absolute Gasteiger partial charge is 0.266 e. The van der Waals surface area contributed by atoms with Gasteiger partial charge in [-0.15, -0.1) is 0 Å². The van der Waals surface area contributed by atoms with E-state index in [0.717, 1.165) is 69.4 Å². The number of hydrogen-bond acceptors (Lipinski definition) is 0. The first-order chi connectivity index (χ1) is 16.0. The third-order valence-electron chi connectivity index (χ3n) is 8.91. The molecule has 0 spiro atoms. The Morgan fingerprint density at radius 2 is 1.67 bits per heavy atom. The fourth-order valence-corrected chi connectivity index (χ4v) is 7.05. The van der Waals surface area contributed by atoms with Crippen LogP contribution in [0.1, 0.15) is 113 Å². The normalized spacial score (nSPS) is 29.3. The van der Waals surface area contributed by atoms with Crippen LogP contribution in [0.2, 0.25) is 0 Å². The van der Waals surface area contributed by atoms with Crippen LogP contribution in [0, 0.1) is 35.3 Å². The van der Waals surface area contributed by atoms with Crippen molar-refractivity contribution < 1.29 is 17.6 Å². The Bertz CT molecular complexity index is 825. The zero-order valence-electron chi connectivity index (χ0n) is 20.2. The van der Waals surface area contributed by atoms with Crippen molar-refractivity contribution in [2.75, 3.05) is 0 Å². The molecule has 2 fully saturated rings. The van der Waals surface area contributed by atoms with Crippen LogP contribution in [-0.4, -0.2) is 0 Å². The summed E-state index contributed by atoms with van der Waals surface area (Å²) in [6.07, 6.45) is 14.7. The maximum Gasteiger partial charge on any atom is 0.266 e. The quantitative estimate of drug-likeness (QED) is 0.265. The van der Waals surface area contributed by atoms with E-state index in [9.17, 15) is 8.78 Å². The zero-order valence-corrected chi connectivity index (χ0v) is 20.2. The Kier molecular flexibility index (Phi) is 8.57. The fourth-order valence-electron chi connectivity index (χ4n) is 7.05. The predicted octanol–water partition coefficient (Wildman–Crippen LogP) is 9.51. The highest BCUT2D eigenvalue weighted by Crippen LogP contribution is 2.49. The first-order valence-electron chi connectivity index (χ1n) is 13.5. The van der Waals surface area contributed by atoms with Crippen LogP contribution in [0.3, 0.4) is 0 Å². The van der Waals surface area contributed by atoms with Crippen molar-refractivity contribution in [2.45, 2.75) is 109 Å². The third-order valence-corrected chi connectivity index (χ3v) is 8.91. The van der Waals surface area contributed by atoms with Crippen LogP contribution >= 0.6 is 0 Å². The maximum atomic E-state index is 15.3. The molecular formula is C29H40F4. The number of unbranched alkanes of at least 4 members (excludes halogenated alkanes) is 4. The summed E-state index contributed by atoms with van der Waals surface area (Å²) in [5.41, 5.74) is 2.25. The summed E-state index contributed by atoms with van der Waals surface area (Å²) >= 11 is 0. The summed E-state index contributed by atoms with van der Waals surface area (Å²) in [6, 6.07) is 1.99. The van der Waals surface area contributed by atoms with Crippen molar-refractivity contribution in [3.63, 3.8) is 0 Å². The van der Waals surface area contributed by atoms with Crippen LogP contribution in [0.5, 0.6) is 0 Å². The van der Waals surface area contributed by atoms with E-state index in [2.05, 4.69) is 6.92 Å². The van der Waals surface area contributed by atoms with E-state index in [1.54, 1.807) is 0 Å². The Balaban J connectivity index is 1.39. The van der Waals surface area contributed by atoms with Crippen LogP contribution in [0.25, 0.3) is 0 Å². The van der Waals surface area contributed by atoms with Crippen LogP contribution in [0.4, 0.5) is 17.6 Å². The van der Waals surface area contributed by atoms with Gasteiger partial charge in [-0.1, -0.05) is 51.5 Å². The summed E-state index contributed by atoms with van der Waals surface area (Å²) in [6.45, 7) is 2.22. The molecule has 4 heteroatoms. The first-order valence-corrected chi connectivity index (χ1v) is 13.5. The van der Waals surface area contributed by atoms with Gasteiger partial charge in [-0.25, -0.2) is 8.78 Å². The summed E-state index contributed by atoms with van der Waals surface area (Å²) < 4.78 is 55.8. The molecule has 184 valence electrons. The van der Waals surface area contributed by atoms with Crippen LogP contribution in [0.15, 0.2) is 18.2 Å². The SMILES string of the molecule is CCCCCCCC1CCc2cc(C3CCC4CC(C=C(F)F)CCC4C3)c(F)c(F)c2C1. The molecule has 3 aliphatic rings. The van der Waals surface area contributed by atoms with Gasteiger partial charge in [0.1, 0.15) is 0 Å². The standard InChI is InChI=1S/C29H40F4/c1-2-3-4-5-6-7-19-8-11-24-18-26(29(33)28(32)25(24)15-19)23-13-12-21-14-20(16-27(30)31)9-10-22(21)17-23/h16,18-23H,2-15,17H2,1H3. The van der Waals surface area contributed by atoms with Crippen molar-refractivity contribution in [1.82, 2.24) is 0 Å². The second-order valence-electron chi connectivity index (χ2n) is 11.1. The molecule has 0 aliphatic heterocycles. The minimum absolute atomic E-state index is 0.0229. The van der Waals surface area contributed by atoms with Crippen LogP contribution in [-0.2, 0) is 12.8 Å². The Morgan fingerprint density at radius 3 is 2.45 bits per heavy atom. The van der Waals surface area contributed by atoms with Crippen LogP contribution < -0.4 is 0 Å². The number of rotatable bonds is 8. The number of halogens is 4. The second-order valence-corrected chi connectivity index (χ2v) is 11.1. The van der Waals surface area contributed by atoms with Gasteiger partial charge in [0.25, 0.3) is 6.08 Å². The number of benzene rings is 1. The molecule has 0 saturated heterocycles. The lowest BCUT2D eigenvalue weighted by atomic mass is 9.63. The molecule has 2 saturated carbocycles. The highest BCUT2D eigenvalue weighted by Gasteiger charge is 2.37. The maximum absolute atomic E-state index is 15.3. The number of hydrogen-bond donors (Lipinski definition) is 0. The van der Waals surface area contributed by atoms with Gasteiger partial charge in [0.05, 0.1) is 0 Å². The first kappa shape index (κ1) is 24.8. The van der Waals surface area contributed by atoms with Gasteiger partial charge < -0.3 is 0 Å². The Labute approximate surface area is 197 Å². The minimum Gasteiger partial charge on any atom is -0.203 e. The van der Waals surface area contributed by atoms with Crippen molar-refractivity contribution >= 4 is 0 Å². The highest BCUT2D eigenvalue weighted by atomic mass is 19.3. The van der Waals surface area contributed by atoms with E-state index in [1.807, 2.05) is 6.07 Å². The molecule has 0 N–H and O–H groups in total. The van der Waals surface area contributed by atoms with Crippen molar-refractivity contribution in [3.8, 4) is 0 Å². The lowest BCUT2D eigenvalue weighted by molar-refractivity contribution is 0.130. The topological polar surface area (TPSA) is 0 Å². The molecule has 5 atom stereocenters. The molecule has 0 bridgehead atoms. The molecule has 0 nitrogen and oxygen atoms in total. The average molecular weight is 465 g/mol. The van der Waals surface area contributed by atoms with E-state index in [0.29, 0.717) is 35.3 Å². The third kappa shape index (κ3) is 6.03. The van der Waals surface area contributed by atoms with E-state index in [4.69, 9.17) is 0 Å². The van der Waals surface area contributed by atoms with E-state index in [-0.39, 0.29) is 11.8 Å².